The second kappa shape index (κ2) is 12.7. The first kappa shape index (κ1) is 31.1. The predicted octanol–water partition coefficient (Wildman–Crippen LogP) is 5.31. The van der Waals surface area contributed by atoms with Crippen molar-refractivity contribution in [1.29, 1.82) is 0 Å². The molecule has 1 amide bonds. The van der Waals surface area contributed by atoms with Gasteiger partial charge < -0.3 is 19.1 Å². The van der Waals surface area contributed by atoms with Gasteiger partial charge >= 0.3 is 12.1 Å². The first-order chi connectivity index (χ1) is 21.4. The fourth-order valence-electron chi connectivity index (χ4n) is 5.16. The highest BCUT2D eigenvalue weighted by molar-refractivity contribution is 8.03. The molecule has 1 fully saturated rings. The number of amides is 1. The summed E-state index contributed by atoms with van der Waals surface area (Å²) in [6, 6.07) is 14.1. The van der Waals surface area contributed by atoms with E-state index in [1.807, 2.05) is 6.07 Å². The number of pyridine rings is 1. The van der Waals surface area contributed by atoms with E-state index >= 15 is 0 Å². The number of esters is 1. The Morgan fingerprint density at radius 3 is 2.07 bits per heavy atom. The number of nitro groups is 2. The molecule has 15 heteroatoms. The highest BCUT2D eigenvalue weighted by Gasteiger charge is 2.62. The van der Waals surface area contributed by atoms with Gasteiger partial charge in [0.25, 0.3) is 11.4 Å². The molecule has 2 aliphatic heterocycles. The average Bonchev–Trinajstić information content (AvgIpc) is 3.32. The molecule has 0 radical (unpaired) electrons. The number of rotatable bonds is 11. The minimum atomic E-state index is -1.31. The predicted molar refractivity (Wildman–Crippen MR) is 157 cm³/mol. The summed E-state index contributed by atoms with van der Waals surface area (Å²) in [5, 5.41) is 21.8. The van der Waals surface area contributed by atoms with E-state index in [-0.39, 0.29) is 30.3 Å². The smallest absolute Gasteiger partial charge is 0.456 e. The van der Waals surface area contributed by atoms with Crippen molar-refractivity contribution in [1.82, 2.24) is 9.88 Å². The molecule has 45 heavy (non-hydrogen) atoms. The topological polar surface area (TPSA) is 181 Å². The molecule has 2 aliphatic rings. The number of thioether (sulfide) groups is 1. The summed E-state index contributed by atoms with van der Waals surface area (Å²) in [5.41, 5.74) is -0.397. The Morgan fingerprint density at radius 2 is 1.53 bits per heavy atom. The van der Waals surface area contributed by atoms with Crippen molar-refractivity contribution >= 4 is 41.2 Å². The molecule has 2 atom stereocenters. The van der Waals surface area contributed by atoms with E-state index in [0.29, 0.717) is 22.5 Å². The molecule has 3 aromatic rings. The summed E-state index contributed by atoms with van der Waals surface area (Å²) in [5.74, 6) is -1.97. The quantitative estimate of drug-likeness (QED) is 0.115. The third-order valence-corrected chi connectivity index (χ3v) is 8.39. The average molecular weight is 635 g/mol. The number of benzene rings is 2. The number of fused-ring (bicyclic) bond motifs is 1. The number of hydrogen-bond donors (Lipinski definition) is 0. The van der Waals surface area contributed by atoms with Crippen molar-refractivity contribution in [2.24, 2.45) is 5.92 Å². The molecule has 5 rings (SSSR count). The van der Waals surface area contributed by atoms with Crippen molar-refractivity contribution in [3.8, 4) is 0 Å². The van der Waals surface area contributed by atoms with E-state index < -0.39 is 45.4 Å². The molecule has 2 aromatic carbocycles. The maximum Gasteiger partial charge on any atom is 0.509 e. The minimum absolute atomic E-state index is 0.0774. The maximum absolute atomic E-state index is 13.5. The maximum atomic E-state index is 13.5. The van der Waals surface area contributed by atoms with Gasteiger partial charge in [-0.2, -0.15) is 0 Å². The highest BCUT2D eigenvalue weighted by atomic mass is 32.2. The van der Waals surface area contributed by atoms with Crippen molar-refractivity contribution in [2.45, 2.75) is 50.0 Å². The Balaban J connectivity index is 1.27. The SMILES string of the molecule is CC(C)(OC(=O)OCc1ccc([N+](=O)[O-])cc1)[C@@H]1C(=O)N2C(C(=O)OCc3ccc([N+](=O)[O-])cc3)=C(Sc3cccnc3)C[C@H]12. The molecule has 232 valence electrons. The summed E-state index contributed by atoms with van der Waals surface area (Å²) < 4.78 is 16.3. The lowest BCUT2D eigenvalue weighted by Crippen LogP contribution is -2.66. The van der Waals surface area contributed by atoms with Gasteiger partial charge in [0.05, 0.1) is 21.8 Å². The second-order valence-corrected chi connectivity index (χ2v) is 11.9. The summed E-state index contributed by atoms with van der Waals surface area (Å²) in [6.45, 7) is 2.80. The first-order valence-electron chi connectivity index (χ1n) is 13.6. The Labute approximate surface area is 260 Å². The van der Waals surface area contributed by atoms with Crippen LogP contribution in [-0.2, 0) is 37.0 Å². The molecule has 0 N–H and O–H groups in total. The Kier molecular flexibility index (Phi) is 8.81. The number of aromatic nitrogens is 1. The third kappa shape index (κ3) is 6.77. The van der Waals surface area contributed by atoms with Gasteiger partial charge in [-0.25, -0.2) is 9.59 Å². The van der Waals surface area contributed by atoms with Crippen LogP contribution in [0.5, 0.6) is 0 Å². The molecular formula is C30H26N4O10S. The zero-order chi connectivity index (χ0) is 32.3. The molecule has 0 bridgehead atoms. The fourth-order valence-corrected chi connectivity index (χ4v) is 6.24. The number of ether oxygens (including phenoxy) is 3. The van der Waals surface area contributed by atoms with E-state index in [1.165, 1.54) is 65.2 Å². The number of β-lactam (4-membered cyclic amide) rings is 1. The van der Waals surface area contributed by atoms with Crippen LogP contribution < -0.4 is 0 Å². The summed E-state index contributed by atoms with van der Waals surface area (Å²) >= 11 is 1.27. The standard InChI is InChI=1S/C30H26N4O10S/c1-30(2,44-29(37)43-17-19-7-11-21(12-8-19)34(40)41)25-23-14-24(45-22-4-3-13-31-15-22)26(32(23)27(25)35)28(36)42-16-18-5-9-20(10-6-18)33(38)39/h3-13,15,23,25H,14,16-17H2,1-2H3/t23-,25+/m1/s1. The number of carbonyl (C=O) groups is 3. The van der Waals surface area contributed by atoms with Crippen molar-refractivity contribution in [3.63, 3.8) is 0 Å². The third-order valence-electron chi connectivity index (χ3n) is 7.30. The van der Waals surface area contributed by atoms with Crippen LogP contribution in [0.3, 0.4) is 0 Å². The fraction of sp³-hybridized carbons (Fsp3) is 0.267. The minimum Gasteiger partial charge on any atom is -0.456 e. The second-order valence-electron chi connectivity index (χ2n) is 10.7. The van der Waals surface area contributed by atoms with Crippen LogP contribution in [0, 0.1) is 26.1 Å². The van der Waals surface area contributed by atoms with Crippen LogP contribution in [0.4, 0.5) is 16.2 Å². The zero-order valence-electron chi connectivity index (χ0n) is 24.0. The van der Waals surface area contributed by atoms with Crippen molar-refractivity contribution in [3.05, 3.63) is 115 Å². The van der Waals surface area contributed by atoms with Crippen LogP contribution in [0.1, 0.15) is 31.4 Å². The van der Waals surface area contributed by atoms with Gasteiger partial charge in [0.2, 0.25) is 5.91 Å². The van der Waals surface area contributed by atoms with E-state index in [1.54, 1.807) is 32.3 Å². The highest BCUT2D eigenvalue weighted by Crippen LogP contribution is 2.51. The van der Waals surface area contributed by atoms with Gasteiger partial charge in [0.1, 0.15) is 24.5 Å². The number of hydrogen-bond acceptors (Lipinski definition) is 12. The van der Waals surface area contributed by atoms with Gasteiger partial charge in [0.15, 0.2) is 0 Å². The largest absolute Gasteiger partial charge is 0.509 e. The molecule has 1 aromatic heterocycles. The van der Waals surface area contributed by atoms with Crippen molar-refractivity contribution in [2.75, 3.05) is 0 Å². The lowest BCUT2D eigenvalue weighted by molar-refractivity contribution is -0.385. The molecule has 0 saturated carbocycles. The molecule has 1 saturated heterocycles. The first-order valence-corrected chi connectivity index (χ1v) is 14.4. The lowest BCUT2D eigenvalue weighted by Gasteiger charge is -2.49. The van der Waals surface area contributed by atoms with E-state index in [4.69, 9.17) is 14.2 Å². The van der Waals surface area contributed by atoms with Crippen LogP contribution in [0.2, 0.25) is 0 Å². The zero-order valence-corrected chi connectivity index (χ0v) is 24.8. The van der Waals surface area contributed by atoms with Gasteiger partial charge in [-0.3, -0.25) is 30.0 Å². The van der Waals surface area contributed by atoms with Crippen LogP contribution in [0.25, 0.3) is 0 Å². The van der Waals surface area contributed by atoms with Gasteiger partial charge in [-0.05, 0) is 61.4 Å². The number of carbonyl (C=O) groups excluding carboxylic acids is 3. The molecule has 0 unspecified atom stereocenters. The van der Waals surface area contributed by atoms with Gasteiger partial charge in [-0.1, -0.05) is 11.8 Å². The molecular weight excluding hydrogens is 608 g/mol. The Hall–Kier alpha value is -5.31. The van der Waals surface area contributed by atoms with Crippen LogP contribution >= 0.6 is 11.8 Å². The number of nitro benzene ring substituents is 2. The van der Waals surface area contributed by atoms with E-state index in [9.17, 15) is 34.6 Å². The van der Waals surface area contributed by atoms with E-state index in [2.05, 4.69) is 4.98 Å². The Bertz CT molecular complexity index is 1680. The van der Waals surface area contributed by atoms with E-state index in [0.717, 1.165) is 4.90 Å². The summed E-state index contributed by atoms with van der Waals surface area (Å²) in [7, 11) is 0. The van der Waals surface area contributed by atoms with Crippen molar-refractivity contribution < 1.29 is 38.4 Å². The summed E-state index contributed by atoms with van der Waals surface area (Å²) in [4.78, 5) is 67.0. The number of non-ortho nitro benzene ring substituents is 2. The molecule has 3 heterocycles. The molecule has 0 spiro atoms. The monoisotopic (exact) mass is 634 g/mol. The molecule has 14 nitrogen and oxygen atoms in total. The van der Waals surface area contributed by atoms with Gasteiger partial charge in [0, 0.05) is 52.9 Å². The number of nitrogens with zero attached hydrogens (tertiary/aromatic N) is 4. The summed E-state index contributed by atoms with van der Waals surface area (Å²) in [6.07, 6.45) is 2.51. The van der Waals surface area contributed by atoms with Crippen LogP contribution in [-0.4, -0.2) is 49.4 Å². The normalized spacial score (nSPS) is 17.3. The molecule has 0 aliphatic carbocycles. The lowest BCUT2D eigenvalue weighted by atomic mass is 9.76. The van der Waals surface area contributed by atoms with Crippen LogP contribution in [0.15, 0.2) is 88.6 Å². The Morgan fingerprint density at radius 1 is 0.956 bits per heavy atom. The van der Waals surface area contributed by atoms with Gasteiger partial charge in [-0.15, -0.1) is 0 Å².